The van der Waals surface area contributed by atoms with Crippen molar-refractivity contribution in [2.75, 3.05) is 0 Å². The van der Waals surface area contributed by atoms with Crippen LogP contribution in [0, 0.1) is 27.2 Å². The predicted molar refractivity (Wildman–Crippen MR) is 105 cm³/mol. The maximum atomic E-state index is 11.3. The molecule has 0 fully saturated rings. The lowest BCUT2D eigenvalue weighted by Gasteiger charge is -2.09. The van der Waals surface area contributed by atoms with E-state index in [4.69, 9.17) is 4.74 Å². The molecule has 0 aliphatic rings. The van der Waals surface area contributed by atoms with Gasteiger partial charge in [-0.2, -0.15) is 0 Å². The summed E-state index contributed by atoms with van der Waals surface area (Å²) in [5, 5.41) is 22.2. The number of nitro benzene ring substituents is 2. The second-order valence-corrected chi connectivity index (χ2v) is 5.85. The van der Waals surface area contributed by atoms with Gasteiger partial charge >= 0.3 is 5.69 Å². The molecule has 0 unspecified atom stereocenters. The van der Waals surface area contributed by atoms with E-state index in [0.29, 0.717) is 11.3 Å². The van der Waals surface area contributed by atoms with E-state index in [-0.39, 0.29) is 11.4 Å². The number of rotatable bonds is 6. The second-order valence-electron chi connectivity index (χ2n) is 5.85. The molecule has 0 spiro atoms. The van der Waals surface area contributed by atoms with E-state index in [9.17, 15) is 20.2 Å². The minimum atomic E-state index is -0.716. The summed E-state index contributed by atoms with van der Waals surface area (Å²) in [5.41, 5.74) is 1.54. The van der Waals surface area contributed by atoms with Gasteiger partial charge in [0, 0.05) is 17.8 Å². The van der Waals surface area contributed by atoms with Crippen LogP contribution >= 0.6 is 0 Å². The van der Waals surface area contributed by atoms with Gasteiger partial charge in [0.25, 0.3) is 5.69 Å². The summed E-state index contributed by atoms with van der Waals surface area (Å²) in [6.07, 6.45) is 1.61. The van der Waals surface area contributed by atoms with Gasteiger partial charge in [0.2, 0.25) is 5.75 Å². The number of nitro groups is 2. The van der Waals surface area contributed by atoms with Gasteiger partial charge in [0.15, 0.2) is 0 Å². The second kappa shape index (κ2) is 8.09. The van der Waals surface area contributed by atoms with Crippen molar-refractivity contribution in [1.29, 1.82) is 0 Å². The Labute approximate surface area is 160 Å². The lowest BCUT2D eigenvalue weighted by Crippen LogP contribution is -1.97. The first-order valence-electron chi connectivity index (χ1n) is 8.25. The molecule has 140 valence electrons. The third-order valence-corrected chi connectivity index (χ3v) is 3.95. The van der Waals surface area contributed by atoms with E-state index >= 15 is 0 Å². The molecule has 0 aromatic heterocycles. The van der Waals surface area contributed by atoms with Crippen molar-refractivity contribution in [3.63, 3.8) is 0 Å². The van der Waals surface area contributed by atoms with Crippen LogP contribution in [0.3, 0.4) is 0 Å². The van der Waals surface area contributed by atoms with Crippen LogP contribution in [-0.2, 0) is 0 Å². The van der Waals surface area contributed by atoms with Crippen LogP contribution in [0.1, 0.15) is 11.1 Å². The van der Waals surface area contributed by atoms with E-state index in [1.54, 1.807) is 30.5 Å². The Balaban J connectivity index is 1.95. The van der Waals surface area contributed by atoms with Gasteiger partial charge in [-0.15, -0.1) is 0 Å². The number of nitrogens with zero attached hydrogens (tertiary/aromatic N) is 3. The van der Waals surface area contributed by atoms with Gasteiger partial charge in [0.1, 0.15) is 5.75 Å². The van der Waals surface area contributed by atoms with Gasteiger partial charge in [0.05, 0.1) is 21.6 Å². The van der Waals surface area contributed by atoms with E-state index in [1.165, 1.54) is 6.07 Å². The fraction of sp³-hybridized carbons (Fsp3) is 0.0500. The molecule has 0 radical (unpaired) electrons. The van der Waals surface area contributed by atoms with E-state index in [2.05, 4.69) is 4.99 Å². The Kier molecular flexibility index (Phi) is 5.40. The Morgan fingerprint density at radius 1 is 0.893 bits per heavy atom. The van der Waals surface area contributed by atoms with Crippen molar-refractivity contribution in [1.82, 2.24) is 0 Å². The number of non-ortho nitro benzene ring substituents is 1. The summed E-state index contributed by atoms with van der Waals surface area (Å²) >= 11 is 0. The molecule has 3 rings (SSSR count). The summed E-state index contributed by atoms with van der Waals surface area (Å²) in [6, 6.07) is 17.8. The Morgan fingerprint density at radius 2 is 1.61 bits per heavy atom. The SMILES string of the molecule is Cc1ccccc1N=Cc1ccccc1Oc1ccc([N+](=O)[O-])cc1[N+](=O)[O-]. The number of para-hydroxylation sites is 2. The summed E-state index contributed by atoms with van der Waals surface area (Å²) in [6.45, 7) is 1.94. The molecule has 0 saturated carbocycles. The molecule has 28 heavy (non-hydrogen) atoms. The van der Waals surface area contributed by atoms with E-state index in [1.807, 2.05) is 31.2 Å². The van der Waals surface area contributed by atoms with E-state index in [0.717, 1.165) is 23.4 Å². The summed E-state index contributed by atoms with van der Waals surface area (Å²) in [4.78, 5) is 25.2. The number of aliphatic imine (C=N–C) groups is 1. The lowest BCUT2D eigenvalue weighted by molar-refractivity contribution is -0.394. The fourth-order valence-electron chi connectivity index (χ4n) is 2.49. The monoisotopic (exact) mass is 377 g/mol. The third-order valence-electron chi connectivity index (χ3n) is 3.95. The van der Waals surface area contributed by atoms with Crippen molar-refractivity contribution in [2.24, 2.45) is 4.99 Å². The normalized spacial score (nSPS) is 10.8. The van der Waals surface area contributed by atoms with Gasteiger partial charge in [-0.1, -0.05) is 30.3 Å². The zero-order chi connectivity index (χ0) is 20.1. The van der Waals surface area contributed by atoms with E-state index < -0.39 is 15.5 Å². The van der Waals surface area contributed by atoms with Crippen LogP contribution in [-0.4, -0.2) is 16.1 Å². The fourth-order valence-corrected chi connectivity index (χ4v) is 2.49. The average Bonchev–Trinajstić information content (AvgIpc) is 2.68. The largest absolute Gasteiger partial charge is 0.449 e. The molecule has 0 bridgehead atoms. The molecule has 8 nitrogen and oxygen atoms in total. The van der Waals surface area contributed by atoms with Gasteiger partial charge in [-0.25, -0.2) is 0 Å². The molecular weight excluding hydrogens is 362 g/mol. The maximum absolute atomic E-state index is 11.3. The predicted octanol–water partition coefficient (Wildman–Crippen LogP) is 5.35. The van der Waals surface area contributed by atoms with Crippen molar-refractivity contribution in [3.05, 3.63) is 98.1 Å². The lowest BCUT2D eigenvalue weighted by atomic mass is 10.2. The number of aryl methyl sites for hydroxylation is 1. The molecule has 0 aliphatic heterocycles. The highest BCUT2D eigenvalue weighted by Crippen LogP contribution is 2.35. The molecule has 0 aliphatic carbocycles. The highest BCUT2D eigenvalue weighted by molar-refractivity contribution is 5.86. The first-order chi connectivity index (χ1) is 13.5. The third kappa shape index (κ3) is 4.18. The van der Waals surface area contributed by atoms with Crippen LogP contribution in [0.5, 0.6) is 11.5 Å². The molecule has 0 amide bonds. The Bertz CT molecular complexity index is 1080. The molecule has 3 aromatic rings. The first kappa shape index (κ1) is 18.7. The van der Waals surface area contributed by atoms with Crippen molar-refractivity contribution >= 4 is 23.3 Å². The average molecular weight is 377 g/mol. The highest BCUT2D eigenvalue weighted by Gasteiger charge is 2.21. The number of benzene rings is 3. The van der Waals surface area contributed by atoms with Crippen molar-refractivity contribution in [2.45, 2.75) is 6.92 Å². The summed E-state index contributed by atoms with van der Waals surface area (Å²) in [7, 11) is 0. The topological polar surface area (TPSA) is 108 Å². The zero-order valence-electron chi connectivity index (χ0n) is 14.8. The first-order valence-corrected chi connectivity index (χ1v) is 8.25. The van der Waals surface area contributed by atoms with Crippen LogP contribution in [0.25, 0.3) is 0 Å². The molecule has 0 N–H and O–H groups in total. The minimum absolute atomic E-state index is 0.0904. The quantitative estimate of drug-likeness (QED) is 0.327. The Hall–Kier alpha value is -4.07. The van der Waals surface area contributed by atoms with Crippen molar-refractivity contribution < 1.29 is 14.6 Å². The van der Waals surface area contributed by atoms with Gasteiger partial charge < -0.3 is 4.74 Å². The molecule has 0 heterocycles. The van der Waals surface area contributed by atoms with Gasteiger partial charge in [-0.3, -0.25) is 25.2 Å². The molecule has 8 heteroatoms. The maximum Gasteiger partial charge on any atom is 0.318 e. The molecule has 3 aromatic carbocycles. The number of hydrogen-bond donors (Lipinski definition) is 0. The minimum Gasteiger partial charge on any atom is -0.449 e. The van der Waals surface area contributed by atoms with Crippen LogP contribution in [0.4, 0.5) is 17.1 Å². The van der Waals surface area contributed by atoms with Crippen LogP contribution in [0.15, 0.2) is 71.7 Å². The summed E-state index contributed by atoms with van der Waals surface area (Å²) in [5.74, 6) is 0.254. The summed E-state index contributed by atoms with van der Waals surface area (Å²) < 4.78 is 5.70. The standard InChI is InChI=1S/C20H15N3O5/c1-14-6-2-4-8-17(14)21-13-15-7-3-5-9-19(15)28-20-11-10-16(22(24)25)12-18(20)23(26)27/h2-13H,1H3. The van der Waals surface area contributed by atoms with Crippen LogP contribution < -0.4 is 4.74 Å². The molecular formula is C20H15N3O5. The highest BCUT2D eigenvalue weighted by atomic mass is 16.6. The molecule has 0 saturated heterocycles. The number of hydrogen-bond acceptors (Lipinski definition) is 6. The molecule has 0 atom stereocenters. The smallest absolute Gasteiger partial charge is 0.318 e. The van der Waals surface area contributed by atoms with Crippen LogP contribution in [0.2, 0.25) is 0 Å². The van der Waals surface area contributed by atoms with Gasteiger partial charge in [-0.05, 0) is 36.8 Å². The zero-order valence-corrected chi connectivity index (χ0v) is 14.8. The Morgan fingerprint density at radius 3 is 2.32 bits per heavy atom. The number of ether oxygens (including phenoxy) is 1. The van der Waals surface area contributed by atoms with Crippen molar-refractivity contribution in [3.8, 4) is 11.5 Å².